The molecule has 0 heterocycles. The van der Waals surface area contributed by atoms with Crippen molar-refractivity contribution in [3.8, 4) is 0 Å². The highest BCUT2D eigenvalue weighted by atomic mass is 16.3. The van der Waals surface area contributed by atoms with E-state index >= 15 is 0 Å². The summed E-state index contributed by atoms with van der Waals surface area (Å²) in [6.45, 7) is 8.96. The summed E-state index contributed by atoms with van der Waals surface area (Å²) in [7, 11) is 4.37. The van der Waals surface area contributed by atoms with Crippen LogP contribution in [-0.2, 0) is 4.79 Å². The first-order chi connectivity index (χ1) is 13.6. The van der Waals surface area contributed by atoms with Gasteiger partial charge >= 0.3 is 0 Å². The SMILES string of the molecule is CC(=O)N[C@H]1CC[C@@]2(C)C(=CC[C@H]3[C@@H]4[C@@H](O)C[C@H]([C@H](C)N(C)C)[C@@]4(C)CC[C@@H]32)C1. The molecule has 0 aromatic rings. The number of fused-ring (bicyclic) bond motifs is 5. The third-order valence-electron chi connectivity index (χ3n) is 9.96. The maximum absolute atomic E-state index is 11.5. The van der Waals surface area contributed by atoms with Crippen LogP contribution in [0, 0.1) is 34.5 Å². The highest BCUT2D eigenvalue weighted by molar-refractivity contribution is 5.73. The Bertz CT molecular complexity index is 688. The number of amides is 1. The molecule has 9 atom stereocenters. The Kier molecular flexibility index (Phi) is 5.43. The molecule has 164 valence electrons. The molecule has 1 amide bonds. The van der Waals surface area contributed by atoms with Crippen LogP contribution in [0.4, 0.5) is 0 Å². The van der Waals surface area contributed by atoms with Crippen molar-refractivity contribution in [1.82, 2.24) is 10.2 Å². The Labute approximate surface area is 177 Å². The van der Waals surface area contributed by atoms with E-state index in [9.17, 15) is 9.90 Å². The Hall–Kier alpha value is -0.870. The van der Waals surface area contributed by atoms with Gasteiger partial charge in [0.05, 0.1) is 6.10 Å². The molecule has 0 spiro atoms. The summed E-state index contributed by atoms with van der Waals surface area (Å²) >= 11 is 0. The zero-order valence-electron chi connectivity index (χ0n) is 19.4. The molecule has 4 aliphatic carbocycles. The van der Waals surface area contributed by atoms with E-state index in [0.717, 1.165) is 25.7 Å². The van der Waals surface area contributed by atoms with Gasteiger partial charge in [-0.2, -0.15) is 0 Å². The van der Waals surface area contributed by atoms with Gasteiger partial charge in [0.25, 0.3) is 0 Å². The van der Waals surface area contributed by atoms with E-state index < -0.39 is 0 Å². The zero-order valence-corrected chi connectivity index (χ0v) is 19.4. The first-order valence-corrected chi connectivity index (χ1v) is 11.9. The number of rotatable bonds is 3. The fourth-order valence-electron chi connectivity index (χ4n) is 8.29. The second-order valence-electron chi connectivity index (χ2n) is 11.5. The number of hydrogen-bond donors (Lipinski definition) is 2. The third-order valence-corrected chi connectivity index (χ3v) is 9.96. The second kappa shape index (κ2) is 7.37. The number of aliphatic hydroxyl groups is 1. The van der Waals surface area contributed by atoms with Crippen LogP contribution in [0.2, 0.25) is 0 Å². The monoisotopic (exact) mass is 402 g/mol. The van der Waals surface area contributed by atoms with E-state index in [1.165, 1.54) is 19.3 Å². The zero-order chi connectivity index (χ0) is 21.1. The van der Waals surface area contributed by atoms with Gasteiger partial charge in [0.15, 0.2) is 0 Å². The van der Waals surface area contributed by atoms with E-state index in [1.54, 1.807) is 12.5 Å². The number of aliphatic hydroxyl groups excluding tert-OH is 1. The fraction of sp³-hybridized carbons (Fsp3) is 0.880. The minimum absolute atomic E-state index is 0.0939. The molecular formula is C25H42N2O2. The highest BCUT2D eigenvalue weighted by Gasteiger charge is 2.62. The lowest BCUT2D eigenvalue weighted by atomic mass is 9.47. The van der Waals surface area contributed by atoms with Gasteiger partial charge in [0.1, 0.15) is 0 Å². The van der Waals surface area contributed by atoms with Gasteiger partial charge in [-0.3, -0.25) is 4.79 Å². The molecule has 4 rings (SSSR count). The predicted molar refractivity (Wildman–Crippen MR) is 117 cm³/mol. The largest absolute Gasteiger partial charge is 0.393 e. The minimum atomic E-state index is -0.158. The van der Waals surface area contributed by atoms with Gasteiger partial charge in [-0.05, 0) is 100 Å². The Morgan fingerprint density at radius 2 is 2.00 bits per heavy atom. The predicted octanol–water partition coefficient (Wildman–Crippen LogP) is 3.99. The number of carbonyl (C=O) groups excluding carboxylic acids is 1. The summed E-state index contributed by atoms with van der Waals surface area (Å²) < 4.78 is 0. The Morgan fingerprint density at radius 1 is 1.28 bits per heavy atom. The molecule has 0 saturated heterocycles. The topological polar surface area (TPSA) is 52.6 Å². The van der Waals surface area contributed by atoms with Crippen LogP contribution in [0.5, 0.6) is 0 Å². The van der Waals surface area contributed by atoms with Gasteiger partial charge in [-0.1, -0.05) is 25.5 Å². The van der Waals surface area contributed by atoms with Crippen molar-refractivity contribution < 1.29 is 9.90 Å². The molecule has 29 heavy (non-hydrogen) atoms. The standard InChI is InChI=1S/C25H42N2O2/c1-15(27(5)6)21-14-22(29)23-19-8-7-17-13-18(26-16(2)28)9-11-24(17,3)20(19)10-12-25(21,23)4/h7,15,18-23,29H,8-14H2,1-6H3,(H,26,28)/t15-,18-,19+,20-,21+,22-,23+,24-,25+/m0/s1. The molecule has 4 heteroatoms. The molecule has 3 saturated carbocycles. The van der Waals surface area contributed by atoms with Gasteiger partial charge in [0, 0.05) is 19.0 Å². The molecule has 0 radical (unpaired) electrons. The summed E-state index contributed by atoms with van der Waals surface area (Å²) in [6.07, 6.45) is 10.2. The normalized spacial score (nSPS) is 47.7. The maximum Gasteiger partial charge on any atom is 0.217 e. The first-order valence-electron chi connectivity index (χ1n) is 11.9. The van der Waals surface area contributed by atoms with Crippen molar-refractivity contribution in [2.75, 3.05) is 14.1 Å². The van der Waals surface area contributed by atoms with Crippen LogP contribution >= 0.6 is 0 Å². The average molecular weight is 403 g/mol. The number of hydrogen-bond acceptors (Lipinski definition) is 3. The van der Waals surface area contributed by atoms with E-state index in [0.29, 0.717) is 35.8 Å². The van der Waals surface area contributed by atoms with Gasteiger partial charge in [-0.25, -0.2) is 0 Å². The lowest BCUT2D eigenvalue weighted by Crippen LogP contribution is -2.54. The van der Waals surface area contributed by atoms with Crippen LogP contribution in [0.1, 0.15) is 72.6 Å². The summed E-state index contributed by atoms with van der Waals surface area (Å²) in [5, 5.41) is 14.4. The van der Waals surface area contributed by atoms with E-state index in [2.05, 4.69) is 51.2 Å². The summed E-state index contributed by atoms with van der Waals surface area (Å²) in [5.41, 5.74) is 2.09. The van der Waals surface area contributed by atoms with Crippen molar-refractivity contribution >= 4 is 5.91 Å². The van der Waals surface area contributed by atoms with E-state index in [4.69, 9.17) is 0 Å². The van der Waals surface area contributed by atoms with Crippen molar-refractivity contribution in [2.24, 2.45) is 34.5 Å². The van der Waals surface area contributed by atoms with Crippen molar-refractivity contribution in [1.29, 1.82) is 0 Å². The molecule has 0 aromatic carbocycles. The summed E-state index contributed by atoms with van der Waals surface area (Å²) in [4.78, 5) is 13.9. The quantitative estimate of drug-likeness (QED) is 0.702. The van der Waals surface area contributed by atoms with Crippen LogP contribution in [0.25, 0.3) is 0 Å². The molecule has 0 aromatic heterocycles. The van der Waals surface area contributed by atoms with Crippen LogP contribution in [-0.4, -0.2) is 48.2 Å². The fourth-order valence-corrected chi connectivity index (χ4v) is 8.29. The molecule has 2 N–H and O–H groups in total. The molecule has 4 aliphatic rings. The molecular weight excluding hydrogens is 360 g/mol. The lowest BCUT2D eigenvalue weighted by Gasteiger charge is -2.59. The Morgan fingerprint density at radius 3 is 2.66 bits per heavy atom. The number of nitrogens with one attached hydrogen (secondary N) is 1. The molecule has 0 unspecified atom stereocenters. The summed E-state index contributed by atoms with van der Waals surface area (Å²) in [5.74, 6) is 2.39. The minimum Gasteiger partial charge on any atom is -0.393 e. The summed E-state index contributed by atoms with van der Waals surface area (Å²) in [6, 6.07) is 0.814. The lowest BCUT2D eigenvalue weighted by molar-refractivity contribution is -0.120. The van der Waals surface area contributed by atoms with Gasteiger partial charge in [0.2, 0.25) is 5.91 Å². The van der Waals surface area contributed by atoms with E-state index in [1.807, 2.05) is 0 Å². The van der Waals surface area contributed by atoms with Gasteiger partial charge in [-0.15, -0.1) is 0 Å². The van der Waals surface area contributed by atoms with Crippen LogP contribution < -0.4 is 5.32 Å². The first kappa shape index (κ1) is 21.4. The van der Waals surface area contributed by atoms with Gasteiger partial charge < -0.3 is 15.3 Å². The number of allylic oxidation sites excluding steroid dienone is 1. The number of nitrogens with zero attached hydrogens (tertiary/aromatic N) is 1. The molecule has 0 aliphatic heterocycles. The third kappa shape index (κ3) is 3.29. The molecule has 3 fully saturated rings. The van der Waals surface area contributed by atoms with E-state index in [-0.39, 0.29) is 22.8 Å². The van der Waals surface area contributed by atoms with Crippen molar-refractivity contribution in [2.45, 2.75) is 90.8 Å². The molecule has 0 bridgehead atoms. The van der Waals surface area contributed by atoms with Crippen LogP contribution in [0.15, 0.2) is 11.6 Å². The second-order valence-corrected chi connectivity index (χ2v) is 11.5. The Balaban J connectivity index is 1.60. The van der Waals surface area contributed by atoms with Crippen LogP contribution in [0.3, 0.4) is 0 Å². The highest BCUT2D eigenvalue weighted by Crippen LogP contribution is 2.66. The molecule has 4 nitrogen and oxygen atoms in total. The van der Waals surface area contributed by atoms with Crippen molar-refractivity contribution in [3.63, 3.8) is 0 Å². The maximum atomic E-state index is 11.5. The smallest absolute Gasteiger partial charge is 0.217 e. The average Bonchev–Trinajstić information content (AvgIpc) is 2.91. The van der Waals surface area contributed by atoms with Crippen molar-refractivity contribution in [3.05, 3.63) is 11.6 Å². The number of carbonyl (C=O) groups is 1.